The van der Waals surface area contributed by atoms with E-state index in [4.69, 9.17) is 9.47 Å². The molecule has 1 aromatic heterocycles. The number of nitrogens with one attached hydrogen (secondary N) is 2. The maximum atomic E-state index is 13.2. The Labute approximate surface area is 132 Å². The smallest absolute Gasteiger partial charge is 0.261 e. The maximum absolute atomic E-state index is 13.2. The van der Waals surface area contributed by atoms with Crippen molar-refractivity contribution in [2.45, 2.75) is 31.1 Å². The number of carbonyl (C=O) groups excluding carboxylic acids is 1. The van der Waals surface area contributed by atoms with E-state index in [9.17, 15) is 9.18 Å². The molecule has 3 heterocycles. The highest BCUT2D eigenvalue weighted by Gasteiger charge is 2.36. The van der Waals surface area contributed by atoms with Crippen molar-refractivity contribution in [2.24, 2.45) is 0 Å². The van der Waals surface area contributed by atoms with Crippen molar-refractivity contribution in [1.82, 2.24) is 15.5 Å². The van der Waals surface area contributed by atoms with E-state index in [-0.39, 0.29) is 23.9 Å². The fraction of sp³-hybridized carbons (Fsp3) is 0.375. The Hall–Kier alpha value is -2.41. The second kappa shape index (κ2) is 5.66. The lowest BCUT2D eigenvalue weighted by molar-refractivity contribution is -0.128. The molecule has 1 fully saturated rings. The monoisotopic (exact) mass is 317 g/mol. The first-order valence-electron chi connectivity index (χ1n) is 7.57. The lowest BCUT2D eigenvalue weighted by Crippen LogP contribution is -2.44. The predicted molar refractivity (Wildman–Crippen MR) is 78.3 cm³/mol. The summed E-state index contributed by atoms with van der Waals surface area (Å²) in [4.78, 5) is 12.5. The zero-order valence-corrected chi connectivity index (χ0v) is 12.3. The Morgan fingerprint density at radius 1 is 1.39 bits per heavy atom. The lowest BCUT2D eigenvalue weighted by atomic mass is 10.1. The minimum atomic E-state index is -0.630. The van der Waals surface area contributed by atoms with E-state index in [1.165, 1.54) is 12.1 Å². The van der Waals surface area contributed by atoms with Crippen LogP contribution >= 0.6 is 0 Å². The molecule has 2 aliphatic rings. The topological polar surface area (TPSA) is 76.2 Å². The summed E-state index contributed by atoms with van der Waals surface area (Å²) in [6.45, 7) is 0.575. The van der Waals surface area contributed by atoms with Crippen LogP contribution in [0.2, 0.25) is 0 Å². The van der Waals surface area contributed by atoms with E-state index >= 15 is 0 Å². The first-order chi connectivity index (χ1) is 11.2. The van der Waals surface area contributed by atoms with Crippen LogP contribution in [0.4, 0.5) is 4.39 Å². The molecule has 2 N–H and O–H groups in total. The summed E-state index contributed by atoms with van der Waals surface area (Å²) in [5, 5.41) is 9.77. The highest BCUT2D eigenvalue weighted by atomic mass is 19.1. The molecule has 0 radical (unpaired) electrons. The molecule has 1 amide bonds. The number of fused-ring (bicyclic) bond motifs is 1. The second-order valence-corrected chi connectivity index (χ2v) is 5.77. The summed E-state index contributed by atoms with van der Waals surface area (Å²) >= 11 is 0. The Morgan fingerprint density at radius 3 is 3.13 bits per heavy atom. The van der Waals surface area contributed by atoms with Gasteiger partial charge in [0.15, 0.2) is 6.10 Å². The van der Waals surface area contributed by atoms with Crippen LogP contribution in [0.3, 0.4) is 0 Å². The van der Waals surface area contributed by atoms with Crippen molar-refractivity contribution in [3.05, 3.63) is 47.5 Å². The molecule has 1 aromatic carbocycles. The van der Waals surface area contributed by atoms with Gasteiger partial charge in [-0.25, -0.2) is 4.39 Å². The molecule has 0 bridgehead atoms. The summed E-state index contributed by atoms with van der Waals surface area (Å²) in [5.74, 6) is 0.0397. The number of rotatable bonds is 3. The number of amides is 1. The van der Waals surface area contributed by atoms with Crippen LogP contribution in [0.1, 0.15) is 23.8 Å². The number of H-pyrrole nitrogens is 1. The molecule has 0 spiro atoms. The van der Waals surface area contributed by atoms with Gasteiger partial charge in [0.2, 0.25) is 0 Å². The van der Waals surface area contributed by atoms with Crippen LogP contribution in [0.25, 0.3) is 0 Å². The molecule has 4 rings (SSSR count). The van der Waals surface area contributed by atoms with Gasteiger partial charge in [0, 0.05) is 24.8 Å². The van der Waals surface area contributed by atoms with Crippen molar-refractivity contribution in [2.75, 3.05) is 6.61 Å². The summed E-state index contributed by atoms with van der Waals surface area (Å²) in [7, 11) is 0. The van der Waals surface area contributed by atoms with Crippen molar-refractivity contribution >= 4 is 5.91 Å². The molecule has 0 saturated carbocycles. The Bertz CT molecular complexity index is 719. The Morgan fingerprint density at radius 2 is 2.30 bits per heavy atom. The van der Waals surface area contributed by atoms with Crippen LogP contribution in [-0.2, 0) is 16.0 Å². The summed E-state index contributed by atoms with van der Waals surface area (Å²) in [6, 6.07) is 6.00. The van der Waals surface area contributed by atoms with Gasteiger partial charge in [-0.1, -0.05) is 0 Å². The van der Waals surface area contributed by atoms with Gasteiger partial charge in [0.1, 0.15) is 17.7 Å². The van der Waals surface area contributed by atoms with Crippen LogP contribution in [0, 0.1) is 5.82 Å². The van der Waals surface area contributed by atoms with E-state index < -0.39 is 6.10 Å². The third-order valence-corrected chi connectivity index (χ3v) is 4.24. The lowest BCUT2D eigenvalue weighted by Gasteiger charge is -2.20. The number of halogens is 1. The second-order valence-electron chi connectivity index (χ2n) is 5.77. The van der Waals surface area contributed by atoms with Gasteiger partial charge in [0.05, 0.1) is 11.7 Å². The number of hydrogen-bond acceptors (Lipinski definition) is 4. The summed E-state index contributed by atoms with van der Waals surface area (Å²) < 4.78 is 24.5. The molecule has 120 valence electrons. The van der Waals surface area contributed by atoms with Crippen LogP contribution in [0.5, 0.6) is 5.75 Å². The normalized spacial score (nSPS) is 25.9. The quantitative estimate of drug-likeness (QED) is 0.899. The molecule has 1 saturated heterocycles. The van der Waals surface area contributed by atoms with E-state index in [0.29, 0.717) is 18.8 Å². The largest absolute Gasteiger partial charge is 0.480 e. The highest BCUT2D eigenvalue weighted by Crippen LogP contribution is 2.31. The molecule has 2 aromatic rings. The SMILES string of the molecule is O=C(N[C@@H]1CCO[C@H]1c1ccn[nH]1)C1Cc2cc(F)ccc2O1. The zero-order chi connectivity index (χ0) is 15.8. The molecule has 6 nitrogen and oxygen atoms in total. The number of ether oxygens (including phenoxy) is 2. The van der Waals surface area contributed by atoms with Gasteiger partial charge < -0.3 is 14.8 Å². The Kier molecular flexibility index (Phi) is 3.49. The number of hydrogen-bond donors (Lipinski definition) is 2. The van der Waals surface area contributed by atoms with Gasteiger partial charge >= 0.3 is 0 Å². The average Bonchev–Trinajstić information content (AvgIpc) is 3.26. The number of benzene rings is 1. The molecule has 23 heavy (non-hydrogen) atoms. The van der Waals surface area contributed by atoms with Crippen molar-refractivity contribution in [3.63, 3.8) is 0 Å². The van der Waals surface area contributed by atoms with Gasteiger partial charge in [-0.3, -0.25) is 9.89 Å². The van der Waals surface area contributed by atoms with E-state index in [2.05, 4.69) is 15.5 Å². The van der Waals surface area contributed by atoms with Crippen LogP contribution in [-0.4, -0.2) is 34.9 Å². The van der Waals surface area contributed by atoms with Crippen molar-refractivity contribution < 1.29 is 18.7 Å². The van der Waals surface area contributed by atoms with Crippen LogP contribution < -0.4 is 10.1 Å². The Balaban J connectivity index is 1.43. The van der Waals surface area contributed by atoms with Gasteiger partial charge in [-0.05, 0) is 30.7 Å². The van der Waals surface area contributed by atoms with E-state index in [1.807, 2.05) is 6.07 Å². The standard InChI is InChI=1S/C16H16FN3O3/c17-10-1-2-13-9(7-10)8-14(23-13)16(21)19-11-4-6-22-15(11)12-3-5-18-20-12/h1-3,5,7,11,14-15H,4,6,8H2,(H,18,20)(H,19,21)/t11-,14?,15-/m1/s1. The van der Waals surface area contributed by atoms with Crippen LogP contribution in [0.15, 0.2) is 30.5 Å². The van der Waals surface area contributed by atoms with Crippen molar-refractivity contribution in [1.29, 1.82) is 0 Å². The number of carbonyl (C=O) groups is 1. The number of aromatic nitrogens is 2. The molecular formula is C16H16FN3O3. The molecule has 3 atom stereocenters. The first-order valence-corrected chi connectivity index (χ1v) is 7.57. The molecule has 0 aliphatic carbocycles. The predicted octanol–water partition coefficient (Wildman–Crippen LogP) is 1.50. The molecular weight excluding hydrogens is 301 g/mol. The maximum Gasteiger partial charge on any atom is 0.261 e. The third kappa shape index (κ3) is 2.68. The van der Waals surface area contributed by atoms with Gasteiger partial charge in [-0.15, -0.1) is 0 Å². The molecule has 7 heteroatoms. The minimum absolute atomic E-state index is 0.132. The van der Waals surface area contributed by atoms with Gasteiger partial charge in [0.25, 0.3) is 5.91 Å². The highest BCUT2D eigenvalue weighted by molar-refractivity contribution is 5.82. The van der Waals surface area contributed by atoms with Gasteiger partial charge in [-0.2, -0.15) is 5.10 Å². The van der Waals surface area contributed by atoms with Crippen molar-refractivity contribution in [3.8, 4) is 5.75 Å². The zero-order valence-electron chi connectivity index (χ0n) is 12.3. The first kappa shape index (κ1) is 14.2. The molecule has 1 unspecified atom stereocenters. The average molecular weight is 317 g/mol. The summed E-state index contributed by atoms with van der Waals surface area (Å²) in [6.07, 6.45) is 1.89. The fourth-order valence-corrected chi connectivity index (χ4v) is 3.11. The number of aromatic amines is 1. The third-order valence-electron chi connectivity index (χ3n) is 4.24. The number of nitrogens with zero attached hydrogens (tertiary/aromatic N) is 1. The minimum Gasteiger partial charge on any atom is -0.480 e. The van der Waals surface area contributed by atoms with E-state index in [1.54, 1.807) is 12.3 Å². The summed E-state index contributed by atoms with van der Waals surface area (Å²) in [5.41, 5.74) is 1.56. The van der Waals surface area contributed by atoms with E-state index in [0.717, 1.165) is 17.7 Å². The fourth-order valence-electron chi connectivity index (χ4n) is 3.11. The molecule has 2 aliphatic heterocycles.